The molecular formula is C11H18N4O. The fourth-order valence-corrected chi connectivity index (χ4v) is 2.01. The van der Waals surface area contributed by atoms with Crippen LogP contribution >= 0.6 is 0 Å². The van der Waals surface area contributed by atoms with Crippen LogP contribution in [0.3, 0.4) is 0 Å². The molecule has 5 heteroatoms. The van der Waals surface area contributed by atoms with Gasteiger partial charge in [0, 0.05) is 25.2 Å². The monoisotopic (exact) mass is 222 g/mol. The number of amides is 1. The molecule has 0 aliphatic carbocycles. The Kier molecular flexibility index (Phi) is 2.85. The number of carbonyl (C=O) groups excluding carboxylic acids is 1. The van der Waals surface area contributed by atoms with Gasteiger partial charge >= 0.3 is 0 Å². The minimum atomic E-state index is 0.00333. The van der Waals surface area contributed by atoms with Crippen molar-refractivity contribution in [2.75, 3.05) is 18.8 Å². The van der Waals surface area contributed by atoms with Gasteiger partial charge in [0.05, 0.1) is 0 Å². The molecule has 2 heterocycles. The Balaban J connectivity index is 2.20. The summed E-state index contributed by atoms with van der Waals surface area (Å²) in [4.78, 5) is 13.9. The molecular weight excluding hydrogens is 204 g/mol. The third-order valence-electron chi connectivity index (χ3n) is 2.87. The maximum absolute atomic E-state index is 12.0. The van der Waals surface area contributed by atoms with E-state index in [0.29, 0.717) is 11.5 Å². The van der Waals surface area contributed by atoms with Crippen molar-refractivity contribution in [2.45, 2.75) is 32.7 Å². The van der Waals surface area contributed by atoms with E-state index >= 15 is 0 Å². The molecule has 0 bridgehead atoms. The van der Waals surface area contributed by atoms with Crippen molar-refractivity contribution in [1.29, 1.82) is 0 Å². The fraction of sp³-hybridized carbons (Fsp3) is 0.636. The number of hydrogen-bond acceptors (Lipinski definition) is 3. The van der Waals surface area contributed by atoms with Crippen molar-refractivity contribution < 1.29 is 4.79 Å². The second-order valence-corrected chi connectivity index (χ2v) is 4.49. The molecule has 2 rings (SSSR count). The Morgan fingerprint density at radius 1 is 1.44 bits per heavy atom. The maximum atomic E-state index is 12.0. The summed E-state index contributed by atoms with van der Waals surface area (Å²) in [6.07, 6.45) is 2.18. The van der Waals surface area contributed by atoms with Crippen LogP contribution in [-0.4, -0.2) is 33.7 Å². The quantitative estimate of drug-likeness (QED) is 0.819. The Labute approximate surface area is 95.2 Å². The normalized spacial score (nSPS) is 16.1. The second-order valence-electron chi connectivity index (χ2n) is 4.49. The lowest BCUT2D eigenvalue weighted by Crippen LogP contribution is -2.28. The number of nitrogen functional groups attached to an aromatic ring is 1. The van der Waals surface area contributed by atoms with Gasteiger partial charge in [-0.25, -0.2) is 4.68 Å². The highest BCUT2D eigenvalue weighted by molar-refractivity contribution is 5.93. The van der Waals surface area contributed by atoms with Gasteiger partial charge in [0.1, 0.15) is 5.82 Å². The van der Waals surface area contributed by atoms with Crippen molar-refractivity contribution >= 4 is 11.7 Å². The molecule has 0 unspecified atom stereocenters. The van der Waals surface area contributed by atoms with Crippen LogP contribution in [-0.2, 0) is 0 Å². The molecule has 5 nitrogen and oxygen atoms in total. The number of nitrogens with two attached hydrogens (primary N) is 1. The molecule has 0 saturated carbocycles. The minimum Gasteiger partial charge on any atom is -0.384 e. The zero-order valence-electron chi connectivity index (χ0n) is 9.81. The van der Waals surface area contributed by atoms with Gasteiger partial charge in [0.25, 0.3) is 5.91 Å². The molecule has 16 heavy (non-hydrogen) atoms. The summed E-state index contributed by atoms with van der Waals surface area (Å²) < 4.78 is 1.68. The Morgan fingerprint density at radius 3 is 2.56 bits per heavy atom. The second kappa shape index (κ2) is 4.15. The van der Waals surface area contributed by atoms with Gasteiger partial charge in [-0.2, -0.15) is 5.10 Å². The van der Waals surface area contributed by atoms with Gasteiger partial charge in [-0.3, -0.25) is 4.79 Å². The lowest BCUT2D eigenvalue weighted by molar-refractivity contribution is 0.0786. The van der Waals surface area contributed by atoms with Crippen LogP contribution in [0.4, 0.5) is 5.82 Å². The van der Waals surface area contributed by atoms with Crippen molar-refractivity contribution in [3.63, 3.8) is 0 Å². The first-order chi connectivity index (χ1) is 7.59. The van der Waals surface area contributed by atoms with Crippen molar-refractivity contribution in [2.24, 2.45) is 0 Å². The first-order valence-electron chi connectivity index (χ1n) is 5.74. The van der Waals surface area contributed by atoms with Gasteiger partial charge in [0.2, 0.25) is 0 Å². The minimum absolute atomic E-state index is 0.00333. The third kappa shape index (κ3) is 1.89. The fourth-order valence-electron chi connectivity index (χ4n) is 2.01. The first-order valence-corrected chi connectivity index (χ1v) is 5.74. The van der Waals surface area contributed by atoms with Crippen molar-refractivity contribution in [1.82, 2.24) is 14.7 Å². The van der Waals surface area contributed by atoms with E-state index in [2.05, 4.69) is 5.10 Å². The van der Waals surface area contributed by atoms with E-state index in [1.807, 2.05) is 18.7 Å². The summed E-state index contributed by atoms with van der Waals surface area (Å²) in [5.74, 6) is 0.557. The summed E-state index contributed by atoms with van der Waals surface area (Å²) in [5.41, 5.74) is 6.27. The molecule has 0 aromatic carbocycles. The highest BCUT2D eigenvalue weighted by Gasteiger charge is 2.22. The number of carbonyl (C=O) groups is 1. The van der Waals surface area contributed by atoms with E-state index in [1.54, 1.807) is 10.7 Å². The lowest BCUT2D eigenvalue weighted by Gasteiger charge is -2.13. The van der Waals surface area contributed by atoms with Crippen LogP contribution in [0, 0.1) is 0 Å². The number of anilines is 1. The molecule has 1 aliphatic rings. The van der Waals surface area contributed by atoms with E-state index in [0.717, 1.165) is 25.9 Å². The van der Waals surface area contributed by atoms with Crippen LogP contribution in [0.15, 0.2) is 6.07 Å². The van der Waals surface area contributed by atoms with E-state index in [1.165, 1.54) is 0 Å². The zero-order chi connectivity index (χ0) is 11.7. The van der Waals surface area contributed by atoms with Crippen LogP contribution in [0.2, 0.25) is 0 Å². The van der Waals surface area contributed by atoms with Crippen LogP contribution in [0.5, 0.6) is 0 Å². The van der Waals surface area contributed by atoms with Gasteiger partial charge in [0.15, 0.2) is 5.69 Å². The van der Waals surface area contributed by atoms with Gasteiger partial charge < -0.3 is 10.6 Å². The molecule has 1 amide bonds. The molecule has 0 atom stereocenters. The summed E-state index contributed by atoms with van der Waals surface area (Å²) in [6.45, 7) is 5.67. The van der Waals surface area contributed by atoms with Crippen molar-refractivity contribution in [3.05, 3.63) is 11.8 Å². The lowest BCUT2D eigenvalue weighted by atomic mass is 10.3. The number of hydrogen-bond donors (Lipinski definition) is 1. The van der Waals surface area contributed by atoms with Crippen molar-refractivity contribution in [3.8, 4) is 0 Å². The summed E-state index contributed by atoms with van der Waals surface area (Å²) >= 11 is 0. The zero-order valence-corrected chi connectivity index (χ0v) is 9.81. The molecule has 1 saturated heterocycles. The van der Waals surface area contributed by atoms with Gasteiger partial charge in [-0.1, -0.05) is 0 Å². The Bertz CT molecular complexity index is 391. The predicted molar refractivity (Wildman–Crippen MR) is 62.2 cm³/mol. The topological polar surface area (TPSA) is 64.2 Å². The highest BCUT2D eigenvalue weighted by Crippen LogP contribution is 2.16. The molecule has 1 aliphatic heterocycles. The highest BCUT2D eigenvalue weighted by atomic mass is 16.2. The first kappa shape index (κ1) is 11.0. The number of rotatable bonds is 2. The van der Waals surface area contributed by atoms with Gasteiger partial charge in [-0.15, -0.1) is 0 Å². The van der Waals surface area contributed by atoms with Crippen LogP contribution in [0.1, 0.15) is 43.2 Å². The smallest absolute Gasteiger partial charge is 0.274 e. The molecule has 88 valence electrons. The molecule has 1 fully saturated rings. The number of likely N-dealkylation sites (tertiary alicyclic amines) is 1. The van der Waals surface area contributed by atoms with E-state index in [-0.39, 0.29) is 11.9 Å². The molecule has 1 aromatic heterocycles. The third-order valence-corrected chi connectivity index (χ3v) is 2.87. The van der Waals surface area contributed by atoms with E-state index in [9.17, 15) is 4.79 Å². The molecule has 2 N–H and O–H groups in total. The Hall–Kier alpha value is -1.52. The predicted octanol–water partition coefficient (Wildman–Crippen LogP) is 1.28. The number of aromatic nitrogens is 2. The van der Waals surface area contributed by atoms with Gasteiger partial charge in [-0.05, 0) is 26.7 Å². The molecule has 1 aromatic rings. The number of nitrogens with zero attached hydrogens (tertiary/aromatic N) is 3. The summed E-state index contributed by atoms with van der Waals surface area (Å²) in [5, 5.41) is 4.25. The molecule has 0 radical (unpaired) electrons. The average molecular weight is 222 g/mol. The SMILES string of the molecule is CC(C)n1nc(C(=O)N2CCCC2)cc1N. The van der Waals surface area contributed by atoms with Crippen LogP contribution < -0.4 is 5.73 Å². The summed E-state index contributed by atoms with van der Waals surface area (Å²) in [7, 11) is 0. The average Bonchev–Trinajstić information content (AvgIpc) is 2.84. The van der Waals surface area contributed by atoms with Crippen LogP contribution in [0.25, 0.3) is 0 Å². The molecule has 0 spiro atoms. The van der Waals surface area contributed by atoms with E-state index < -0.39 is 0 Å². The standard InChI is InChI=1S/C11H18N4O/c1-8(2)15-10(12)7-9(13-15)11(16)14-5-3-4-6-14/h7-8H,3-6,12H2,1-2H3. The van der Waals surface area contributed by atoms with E-state index in [4.69, 9.17) is 5.73 Å². The maximum Gasteiger partial charge on any atom is 0.274 e. The Morgan fingerprint density at radius 2 is 2.06 bits per heavy atom. The summed E-state index contributed by atoms with van der Waals surface area (Å²) in [6, 6.07) is 1.85. The largest absolute Gasteiger partial charge is 0.384 e.